The van der Waals surface area contributed by atoms with E-state index in [9.17, 15) is 18.3 Å². The summed E-state index contributed by atoms with van der Waals surface area (Å²) in [5, 5.41) is 10.1. The van der Waals surface area contributed by atoms with Gasteiger partial charge in [0.1, 0.15) is 5.75 Å². The van der Waals surface area contributed by atoms with Crippen LogP contribution in [0.4, 0.5) is 13.2 Å². The Kier molecular flexibility index (Phi) is 5.05. The smallest absolute Gasteiger partial charge is 0.406 e. The number of benzene rings is 1. The molecule has 0 fully saturated rings. The lowest BCUT2D eigenvalue weighted by molar-refractivity contribution is -0.274. The Morgan fingerprint density at radius 3 is 2.35 bits per heavy atom. The van der Waals surface area contributed by atoms with E-state index in [4.69, 9.17) is 5.73 Å². The average Bonchev–Trinajstić information content (AvgIpc) is 2.25. The van der Waals surface area contributed by atoms with E-state index in [-0.39, 0.29) is 23.6 Å². The highest BCUT2D eigenvalue weighted by atomic mass is 19.4. The van der Waals surface area contributed by atoms with Crippen LogP contribution in [-0.2, 0) is 0 Å². The summed E-state index contributed by atoms with van der Waals surface area (Å²) in [6.07, 6.45) is -5.41. The number of rotatable bonds is 4. The van der Waals surface area contributed by atoms with Crippen LogP contribution < -0.4 is 10.5 Å². The zero-order chi connectivity index (χ0) is 15.6. The van der Waals surface area contributed by atoms with Gasteiger partial charge in [-0.2, -0.15) is 0 Å². The average molecular weight is 291 g/mol. The third-order valence-corrected chi connectivity index (χ3v) is 3.07. The standard InChI is InChI=1S/C14H20F3NO2/c1-13(2,3)12(18)8-11(19)9-5-4-6-10(7-9)20-14(15,16)17/h4-7,11-12,19H,8,18H2,1-3H3/t11-,12-/m1/s1. The largest absolute Gasteiger partial charge is 0.573 e. The molecule has 0 aliphatic carbocycles. The van der Waals surface area contributed by atoms with Crippen molar-refractivity contribution in [2.24, 2.45) is 11.1 Å². The Bertz CT molecular complexity index is 441. The number of aliphatic hydroxyl groups excluding tert-OH is 1. The fraction of sp³-hybridized carbons (Fsp3) is 0.571. The molecule has 0 aromatic heterocycles. The van der Waals surface area contributed by atoms with E-state index >= 15 is 0 Å². The summed E-state index contributed by atoms with van der Waals surface area (Å²) < 4.78 is 40.2. The van der Waals surface area contributed by atoms with Crippen molar-refractivity contribution < 1.29 is 23.0 Å². The van der Waals surface area contributed by atoms with Gasteiger partial charge in [-0.05, 0) is 29.5 Å². The molecule has 114 valence electrons. The third kappa shape index (κ3) is 5.38. The van der Waals surface area contributed by atoms with Gasteiger partial charge >= 0.3 is 6.36 Å². The van der Waals surface area contributed by atoms with Crippen molar-refractivity contribution in [3.05, 3.63) is 29.8 Å². The van der Waals surface area contributed by atoms with Crippen LogP contribution in [0.2, 0.25) is 0 Å². The Balaban J connectivity index is 2.79. The van der Waals surface area contributed by atoms with Crippen LogP contribution in [0.3, 0.4) is 0 Å². The van der Waals surface area contributed by atoms with Crippen LogP contribution >= 0.6 is 0 Å². The molecule has 1 aromatic rings. The Morgan fingerprint density at radius 1 is 1.25 bits per heavy atom. The molecule has 1 rings (SSSR count). The summed E-state index contributed by atoms with van der Waals surface area (Å²) in [6.45, 7) is 5.81. The van der Waals surface area contributed by atoms with Gasteiger partial charge in [-0.1, -0.05) is 32.9 Å². The minimum absolute atomic E-state index is 0.193. The van der Waals surface area contributed by atoms with Crippen molar-refractivity contribution in [2.45, 2.75) is 45.7 Å². The van der Waals surface area contributed by atoms with Crippen molar-refractivity contribution >= 4 is 0 Å². The third-order valence-electron chi connectivity index (χ3n) is 3.07. The van der Waals surface area contributed by atoms with Crippen molar-refractivity contribution in [3.8, 4) is 5.75 Å². The molecule has 3 nitrogen and oxygen atoms in total. The molecular weight excluding hydrogens is 271 g/mol. The van der Waals surface area contributed by atoms with Crippen LogP contribution in [0.25, 0.3) is 0 Å². The minimum Gasteiger partial charge on any atom is -0.406 e. The van der Waals surface area contributed by atoms with E-state index in [1.807, 2.05) is 20.8 Å². The van der Waals surface area contributed by atoms with Gasteiger partial charge in [0.05, 0.1) is 6.10 Å². The molecule has 0 saturated heterocycles. The molecule has 20 heavy (non-hydrogen) atoms. The molecule has 0 amide bonds. The highest BCUT2D eigenvalue weighted by molar-refractivity contribution is 5.30. The van der Waals surface area contributed by atoms with Crippen molar-refractivity contribution in [3.63, 3.8) is 0 Å². The molecule has 0 aliphatic heterocycles. The second-order valence-electron chi connectivity index (χ2n) is 5.84. The molecule has 0 bridgehead atoms. The molecule has 1 aromatic carbocycles. The summed E-state index contributed by atoms with van der Waals surface area (Å²) in [5.41, 5.74) is 6.12. The lowest BCUT2D eigenvalue weighted by atomic mass is 9.83. The quantitative estimate of drug-likeness (QED) is 0.894. The monoisotopic (exact) mass is 291 g/mol. The Labute approximate surface area is 116 Å². The second kappa shape index (κ2) is 6.01. The van der Waals surface area contributed by atoms with Crippen molar-refractivity contribution in [2.75, 3.05) is 0 Å². The Hall–Kier alpha value is -1.27. The number of hydrogen-bond acceptors (Lipinski definition) is 3. The number of halogens is 3. The minimum atomic E-state index is -4.74. The molecule has 0 radical (unpaired) electrons. The molecule has 0 aliphatic rings. The van der Waals surface area contributed by atoms with Gasteiger partial charge in [0.15, 0.2) is 0 Å². The van der Waals surface area contributed by atoms with Gasteiger partial charge in [0.2, 0.25) is 0 Å². The lowest BCUT2D eigenvalue weighted by Gasteiger charge is -2.29. The highest BCUT2D eigenvalue weighted by Gasteiger charge is 2.31. The molecule has 0 heterocycles. The van der Waals surface area contributed by atoms with Gasteiger partial charge in [-0.25, -0.2) is 0 Å². The molecule has 6 heteroatoms. The van der Waals surface area contributed by atoms with Gasteiger partial charge in [-0.15, -0.1) is 13.2 Å². The zero-order valence-corrected chi connectivity index (χ0v) is 11.7. The lowest BCUT2D eigenvalue weighted by Crippen LogP contribution is -2.36. The SMILES string of the molecule is CC(C)(C)[C@H](N)C[C@@H](O)c1cccc(OC(F)(F)F)c1. The van der Waals surface area contributed by atoms with Crippen LogP contribution in [-0.4, -0.2) is 17.5 Å². The zero-order valence-electron chi connectivity index (χ0n) is 11.7. The number of ether oxygens (including phenoxy) is 1. The Morgan fingerprint density at radius 2 is 1.85 bits per heavy atom. The molecule has 3 N–H and O–H groups in total. The van der Waals surface area contributed by atoms with Crippen LogP contribution in [0.15, 0.2) is 24.3 Å². The van der Waals surface area contributed by atoms with E-state index in [2.05, 4.69) is 4.74 Å². The first kappa shape index (κ1) is 16.8. The number of nitrogens with two attached hydrogens (primary N) is 1. The predicted octanol–water partition coefficient (Wildman–Crippen LogP) is 3.38. The van der Waals surface area contributed by atoms with Gasteiger partial charge in [0.25, 0.3) is 0 Å². The molecule has 0 saturated carbocycles. The predicted molar refractivity (Wildman–Crippen MR) is 70.1 cm³/mol. The normalized spacial score (nSPS) is 15.8. The molecule has 2 atom stereocenters. The fourth-order valence-electron chi connectivity index (χ4n) is 1.65. The van der Waals surface area contributed by atoms with Gasteiger partial charge in [0, 0.05) is 6.04 Å². The summed E-state index contributed by atoms with van der Waals surface area (Å²) in [4.78, 5) is 0. The van der Waals surface area contributed by atoms with Gasteiger partial charge in [-0.3, -0.25) is 0 Å². The molecular formula is C14H20F3NO2. The number of hydrogen-bond donors (Lipinski definition) is 2. The number of alkyl halides is 3. The van der Waals surface area contributed by atoms with E-state index < -0.39 is 12.5 Å². The highest BCUT2D eigenvalue weighted by Crippen LogP contribution is 2.29. The van der Waals surface area contributed by atoms with Crippen molar-refractivity contribution in [1.29, 1.82) is 0 Å². The summed E-state index contributed by atoms with van der Waals surface area (Å²) >= 11 is 0. The summed E-state index contributed by atoms with van der Waals surface area (Å²) in [6, 6.07) is 5.04. The van der Waals surface area contributed by atoms with E-state index in [0.717, 1.165) is 0 Å². The summed E-state index contributed by atoms with van der Waals surface area (Å²) in [5.74, 6) is -0.349. The number of aliphatic hydroxyl groups is 1. The van der Waals surface area contributed by atoms with E-state index in [1.165, 1.54) is 18.2 Å². The molecule has 0 spiro atoms. The fourth-order valence-corrected chi connectivity index (χ4v) is 1.65. The van der Waals surface area contributed by atoms with Gasteiger partial charge < -0.3 is 15.6 Å². The van der Waals surface area contributed by atoms with Crippen LogP contribution in [0, 0.1) is 5.41 Å². The first-order chi connectivity index (χ1) is 8.99. The van der Waals surface area contributed by atoms with Crippen LogP contribution in [0.5, 0.6) is 5.75 Å². The van der Waals surface area contributed by atoms with E-state index in [0.29, 0.717) is 5.56 Å². The summed E-state index contributed by atoms with van der Waals surface area (Å²) in [7, 11) is 0. The van der Waals surface area contributed by atoms with Crippen molar-refractivity contribution in [1.82, 2.24) is 0 Å². The molecule has 0 unspecified atom stereocenters. The maximum Gasteiger partial charge on any atom is 0.573 e. The maximum atomic E-state index is 12.1. The van der Waals surface area contributed by atoms with E-state index in [1.54, 1.807) is 6.07 Å². The van der Waals surface area contributed by atoms with Crippen LogP contribution in [0.1, 0.15) is 38.9 Å². The second-order valence-corrected chi connectivity index (χ2v) is 5.84. The first-order valence-electron chi connectivity index (χ1n) is 6.28. The maximum absolute atomic E-state index is 12.1. The first-order valence-corrected chi connectivity index (χ1v) is 6.28. The topological polar surface area (TPSA) is 55.5 Å².